The number of hydrogen-bond donors (Lipinski definition) is 3. The van der Waals surface area contributed by atoms with Gasteiger partial charge in [0.25, 0.3) is 5.82 Å². The van der Waals surface area contributed by atoms with Crippen molar-refractivity contribution >= 4 is 13.6 Å². The first-order valence-electron chi connectivity index (χ1n) is 9.46. The third-order valence-corrected chi connectivity index (χ3v) is 5.11. The van der Waals surface area contributed by atoms with Gasteiger partial charge in [0, 0.05) is 12.5 Å². The maximum atomic E-state index is 13.0. The molecule has 12 heteroatoms. The van der Waals surface area contributed by atoms with E-state index >= 15 is 0 Å². The van der Waals surface area contributed by atoms with E-state index < -0.39 is 14.6 Å². The molecule has 0 atom stereocenters. The molecule has 3 aromatic heterocycles. The lowest BCUT2D eigenvalue weighted by molar-refractivity contribution is -0.711. The zero-order valence-electron chi connectivity index (χ0n) is 16.7. The average Bonchev–Trinajstić information content (AvgIpc) is 3.37. The van der Waals surface area contributed by atoms with Crippen LogP contribution in [0.1, 0.15) is 16.8 Å². The van der Waals surface area contributed by atoms with Crippen LogP contribution in [0.2, 0.25) is 0 Å². The molecule has 32 heavy (non-hydrogen) atoms. The number of nitrogens with zero attached hydrogens (tertiary/aromatic N) is 4. The third kappa shape index (κ3) is 5.45. The monoisotopic (exact) mass is 460 g/mol. The van der Waals surface area contributed by atoms with Crippen LogP contribution >= 0.6 is 7.82 Å². The molecule has 10 nitrogen and oxygen atoms in total. The summed E-state index contributed by atoms with van der Waals surface area (Å²) in [5, 5.41) is 8.02. The highest BCUT2D eigenvalue weighted by Gasteiger charge is 2.20. The van der Waals surface area contributed by atoms with Crippen LogP contribution in [0.3, 0.4) is 0 Å². The fourth-order valence-electron chi connectivity index (χ4n) is 3.13. The number of pyridine rings is 1. The lowest BCUT2D eigenvalue weighted by Crippen LogP contribution is -2.38. The summed E-state index contributed by atoms with van der Waals surface area (Å²) in [6, 6.07) is 12.9. The van der Waals surface area contributed by atoms with E-state index in [0.29, 0.717) is 30.0 Å². The number of nitrogen functional groups attached to an aromatic ring is 1. The Hall–Kier alpha value is -3.37. The molecule has 0 bridgehead atoms. The van der Waals surface area contributed by atoms with E-state index in [-0.39, 0.29) is 11.6 Å². The predicted molar refractivity (Wildman–Crippen MR) is 110 cm³/mol. The Morgan fingerprint density at radius 3 is 2.66 bits per heavy atom. The van der Waals surface area contributed by atoms with Crippen LogP contribution < -0.4 is 10.3 Å². The van der Waals surface area contributed by atoms with Crippen LogP contribution in [0, 0.1) is 5.82 Å². The molecule has 0 aliphatic rings. The Bertz CT molecular complexity index is 1270. The number of phosphoric ester groups is 1. The fraction of sp³-hybridized carbons (Fsp3) is 0.150. The van der Waals surface area contributed by atoms with Gasteiger partial charge < -0.3 is 14.3 Å². The zero-order chi connectivity index (χ0) is 22.7. The Kier molecular flexibility index (Phi) is 6.15. The smallest absolute Gasteiger partial charge is 0.356 e. The highest BCUT2D eigenvalue weighted by atomic mass is 31.2. The van der Waals surface area contributed by atoms with Crippen molar-refractivity contribution < 1.29 is 32.4 Å². The van der Waals surface area contributed by atoms with Crippen LogP contribution in [-0.2, 0) is 28.8 Å². The number of nitrogens with two attached hydrogens (primary N) is 1. The van der Waals surface area contributed by atoms with Gasteiger partial charge in [-0.05, 0) is 23.3 Å². The van der Waals surface area contributed by atoms with E-state index in [2.05, 4.69) is 14.8 Å². The van der Waals surface area contributed by atoms with Crippen molar-refractivity contribution in [3.63, 3.8) is 0 Å². The first kappa shape index (κ1) is 21.8. The minimum absolute atomic E-state index is 0.211. The molecular weight excluding hydrogens is 440 g/mol. The molecule has 4 N–H and O–H groups in total. The number of halogens is 1. The van der Waals surface area contributed by atoms with Crippen molar-refractivity contribution in [1.29, 1.82) is 0 Å². The fourth-order valence-corrected chi connectivity index (χ4v) is 3.40. The number of rotatable bonds is 8. The second-order valence-corrected chi connectivity index (χ2v) is 8.30. The summed E-state index contributed by atoms with van der Waals surface area (Å²) < 4.78 is 36.8. The molecule has 0 aliphatic heterocycles. The van der Waals surface area contributed by atoms with E-state index in [4.69, 9.17) is 20.0 Å². The predicted octanol–water partition coefficient (Wildman–Crippen LogP) is 2.25. The highest BCUT2D eigenvalue weighted by Crippen LogP contribution is 2.35. The lowest BCUT2D eigenvalue weighted by Gasteiger charge is -2.07. The van der Waals surface area contributed by atoms with E-state index in [0.717, 1.165) is 11.1 Å². The largest absolute Gasteiger partial charge is 0.472 e. The van der Waals surface area contributed by atoms with Gasteiger partial charge in [0.2, 0.25) is 6.73 Å². The molecule has 3 heterocycles. The second kappa shape index (κ2) is 9.01. The number of phosphoric acid groups is 1. The molecule has 0 saturated heterocycles. The first-order chi connectivity index (χ1) is 15.3. The molecule has 0 radical (unpaired) electrons. The molecule has 0 aliphatic carbocycles. The summed E-state index contributed by atoms with van der Waals surface area (Å²) in [5.41, 5.74) is 9.29. The third-order valence-electron chi connectivity index (χ3n) is 4.66. The van der Waals surface area contributed by atoms with Crippen molar-refractivity contribution in [1.82, 2.24) is 14.9 Å². The Morgan fingerprint density at radius 1 is 1.22 bits per heavy atom. The van der Waals surface area contributed by atoms with Crippen LogP contribution in [0.15, 0.2) is 65.6 Å². The van der Waals surface area contributed by atoms with Gasteiger partial charge in [-0.2, -0.15) is 5.10 Å². The molecular formula is C20H20FN5O5P+. The normalized spacial score (nSPS) is 11.7. The van der Waals surface area contributed by atoms with Crippen molar-refractivity contribution in [3.8, 4) is 11.3 Å². The van der Waals surface area contributed by atoms with Crippen molar-refractivity contribution in [2.24, 2.45) is 0 Å². The number of benzene rings is 1. The molecule has 0 saturated carbocycles. The van der Waals surface area contributed by atoms with Gasteiger partial charge in [0.1, 0.15) is 5.56 Å². The summed E-state index contributed by atoms with van der Waals surface area (Å²) in [5.74, 6) is 0.255. The van der Waals surface area contributed by atoms with Gasteiger partial charge in [-0.15, -0.1) is 0 Å². The topological polar surface area (TPSA) is 141 Å². The maximum absolute atomic E-state index is 13.0. The number of anilines is 1. The quantitative estimate of drug-likeness (QED) is 0.269. The summed E-state index contributed by atoms with van der Waals surface area (Å²) in [6.45, 7) is 0.0553. The number of hydrogen-bond acceptors (Lipinski definition) is 6. The molecule has 0 amide bonds. The van der Waals surface area contributed by atoms with Crippen molar-refractivity contribution in [2.45, 2.75) is 19.7 Å². The standard InChI is InChI=1S/C20H19FN5O5P/c21-16-10-23-26(12-16)11-15-5-3-14(4-6-15)8-17-9-19(31-24-17)18-2-1-7-25(20(18)22)13-30-32(27,28)29/h1-7,9-10,12,22H,8,11,13H2,(H2,27,28,29)/p+1. The zero-order valence-corrected chi connectivity index (χ0v) is 17.6. The van der Waals surface area contributed by atoms with E-state index in [1.54, 1.807) is 18.2 Å². The summed E-state index contributed by atoms with van der Waals surface area (Å²) >= 11 is 0. The van der Waals surface area contributed by atoms with Gasteiger partial charge >= 0.3 is 7.82 Å². The van der Waals surface area contributed by atoms with Gasteiger partial charge in [-0.25, -0.2) is 18.0 Å². The van der Waals surface area contributed by atoms with Crippen molar-refractivity contribution in [2.75, 3.05) is 5.73 Å². The molecule has 4 rings (SSSR count). The Morgan fingerprint density at radius 2 is 1.97 bits per heavy atom. The summed E-state index contributed by atoms with van der Waals surface area (Å²) in [6.07, 6.45) is 4.56. The first-order valence-corrected chi connectivity index (χ1v) is 11.0. The Labute approximate surface area is 181 Å². The molecule has 0 fully saturated rings. The SMILES string of the molecule is Nc1c(-c2cc(Cc3ccc(Cn4cc(F)cn4)cc3)no2)ccc[n+]1COP(=O)(O)O. The van der Waals surface area contributed by atoms with E-state index in [1.807, 2.05) is 24.3 Å². The number of aromatic nitrogens is 4. The van der Waals surface area contributed by atoms with Gasteiger partial charge in [0.15, 0.2) is 11.6 Å². The van der Waals surface area contributed by atoms with Gasteiger partial charge in [0.05, 0.1) is 30.8 Å². The molecule has 1 aromatic carbocycles. The Balaban J connectivity index is 1.44. The van der Waals surface area contributed by atoms with Gasteiger partial charge in [-0.3, -0.25) is 10.4 Å². The van der Waals surface area contributed by atoms with Crippen LogP contribution in [0.25, 0.3) is 11.3 Å². The van der Waals surface area contributed by atoms with Crippen LogP contribution in [0.5, 0.6) is 0 Å². The van der Waals surface area contributed by atoms with E-state index in [1.165, 1.54) is 27.8 Å². The minimum Gasteiger partial charge on any atom is -0.356 e. The molecule has 0 spiro atoms. The van der Waals surface area contributed by atoms with Crippen LogP contribution in [-0.4, -0.2) is 24.7 Å². The van der Waals surface area contributed by atoms with Gasteiger partial charge in [-0.1, -0.05) is 29.4 Å². The highest BCUT2D eigenvalue weighted by molar-refractivity contribution is 7.46. The second-order valence-electron chi connectivity index (χ2n) is 7.06. The average molecular weight is 460 g/mol. The molecule has 166 valence electrons. The summed E-state index contributed by atoms with van der Waals surface area (Å²) in [4.78, 5) is 17.8. The van der Waals surface area contributed by atoms with Crippen molar-refractivity contribution in [3.05, 3.63) is 83.7 Å². The molecule has 0 unspecified atom stereocenters. The maximum Gasteiger partial charge on any atom is 0.472 e. The summed E-state index contributed by atoms with van der Waals surface area (Å²) in [7, 11) is -4.63. The van der Waals surface area contributed by atoms with Crippen LogP contribution in [0.4, 0.5) is 10.2 Å². The lowest BCUT2D eigenvalue weighted by atomic mass is 10.1. The minimum atomic E-state index is -4.63. The van der Waals surface area contributed by atoms with E-state index in [9.17, 15) is 8.96 Å². The molecule has 4 aromatic rings.